The van der Waals surface area contributed by atoms with Crippen molar-refractivity contribution in [3.8, 4) is 0 Å². The average molecular weight is 353 g/mol. The fraction of sp³-hybridized carbons (Fsp3) is 0.571. The molecular formula is C14H22Cl2N2O2S. The van der Waals surface area contributed by atoms with Crippen molar-refractivity contribution in [3.05, 3.63) is 28.8 Å². The predicted molar refractivity (Wildman–Crippen MR) is 88.9 cm³/mol. The SMILES string of the molecule is CCCc1ccc(Cl)c(S(=O)(=O)NC2CCNCC2)c1.Cl. The zero-order chi connectivity index (χ0) is 14.6. The normalized spacial score (nSPS) is 16.5. The Labute approximate surface area is 138 Å². The molecule has 0 amide bonds. The highest BCUT2D eigenvalue weighted by atomic mass is 35.5. The number of hydrogen-bond acceptors (Lipinski definition) is 3. The molecule has 120 valence electrons. The molecule has 0 aromatic heterocycles. The van der Waals surface area contributed by atoms with Crippen LogP contribution in [0.4, 0.5) is 0 Å². The van der Waals surface area contributed by atoms with Gasteiger partial charge in [0.2, 0.25) is 10.0 Å². The lowest BCUT2D eigenvalue weighted by atomic mass is 10.1. The zero-order valence-electron chi connectivity index (χ0n) is 12.1. The van der Waals surface area contributed by atoms with Crippen LogP contribution in [-0.4, -0.2) is 27.5 Å². The average Bonchev–Trinajstić information content (AvgIpc) is 2.42. The van der Waals surface area contributed by atoms with Crippen molar-refractivity contribution in [1.29, 1.82) is 0 Å². The lowest BCUT2D eigenvalue weighted by molar-refractivity contribution is 0.427. The Hall–Kier alpha value is -0.330. The lowest BCUT2D eigenvalue weighted by Gasteiger charge is -2.23. The molecule has 1 aromatic carbocycles. The molecule has 1 fully saturated rings. The van der Waals surface area contributed by atoms with Gasteiger partial charge in [0.05, 0.1) is 5.02 Å². The van der Waals surface area contributed by atoms with Gasteiger partial charge >= 0.3 is 0 Å². The van der Waals surface area contributed by atoms with E-state index in [1.807, 2.05) is 6.07 Å². The van der Waals surface area contributed by atoms with Crippen molar-refractivity contribution in [2.24, 2.45) is 0 Å². The summed E-state index contributed by atoms with van der Waals surface area (Å²) in [4.78, 5) is 0.198. The van der Waals surface area contributed by atoms with E-state index >= 15 is 0 Å². The molecule has 1 aromatic rings. The van der Waals surface area contributed by atoms with Gasteiger partial charge in [-0.2, -0.15) is 0 Å². The second kappa shape index (κ2) is 8.34. The molecule has 7 heteroatoms. The van der Waals surface area contributed by atoms with E-state index in [9.17, 15) is 8.42 Å². The number of benzene rings is 1. The summed E-state index contributed by atoms with van der Waals surface area (Å²) in [6.45, 7) is 3.75. The Bertz CT molecular complexity index is 558. The number of sulfonamides is 1. The molecule has 0 saturated carbocycles. The first-order chi connectivity index (χ1) is 9.53. The number of aryl methyl sites for hydroxylation is 1. The summed E-state index contributed by atoms with van der Waals surface area (Å²) < 4.78 is 27.7. The summed E-state index contributed by atoms with van der Waals surface area (Å²) in [5, 5.41) is 3.50. The van der Waals surface area contributed by atoms with Crippen molar-refractivity contribution >= 4 is 34.0 Å². The molecule has 0 bridgehead atoms. The number of nitrogens with one attached hydrogen (secondary N) is 2. The molecule has 0 unspecified atom stereocenters. The molecule has 2 rings (SSSR count). The van der Waals surface area contributed by atoms with Gasteiger partial charge in [-0.15, -0.1) is 12.4 Å². The smallest absolute Gasteiger partial charge is 0.242 e. The summed E-state index contributed by atoms with van der Waals surface area (Å²) in [6, 6.07) is 5.24. The van der Waals surface area contributed by atoms with E-state index in [1.165, 1.54) is 0 Å². The first kappa shape index (κ1) is 18.7. The van der Waals surface area contributed by atoms with Crippen LogP contribution >= 0.6 is 24.0 Å². The fourth-order valence-corrected chi connectivity index (χ4v) is 4.28. The molecule has 21 heavy (non-hydrogen) atoms. The minimum Gasteiger partial charge on any atom is -0.317 e. The van der Waals surface area contributed by atoms with Gasteiger partial charge in [-0.3, -0.25) is 0 Å². The van der Waals surface area contributed by atoms with Gasteiger partial charge < -0.3 is 5.32 Å². The van der Waals surface area contributed by atoms with E-state index in [0.29, 0.717) is 0 Å². The van der Waals surface area contributed by atoms with E-state index in [-0.39, 0.29) is 28.4 Å². The summed E-state index contributed by atoms with van der Waals surface area (Å²) in [6.07, 6.45) is 3.45. The Balaban J connectivity index is 0.00000220. The maximum absolute atomic E-state index is 12.5. The van der Waals surface area contributed by atoms with Crippen molar-refractivity contribution in [3.63, 3.8) is 0 Å². The zero-order valence-corrected chi connectivity index (χ0v) is 14.5. The van der Waals surface area contributed by atoms with Crippen LogP contribution in [0.5, 0.6) is 0 Å². The van der Waals surface area contributed by atoms with Crippen LogP contribution in [0.15, 0.2) is 23.1 Å². The molecule has 0 aliphatic carbocycles. The molecule has 2 N–H and O–H groups in total. The molecule has 0 radical (unpaired) electrons. The first-order valence-electron chi connectivity index (χ1n) is 7.04. The molecular weight excluding hydrogens is 331 g/mol. The number of halogens is 2. The van der Waals surface area contributed by atoms with Crippen molar-refractivity contribution in [2.45, 2.75) is 43.5 Å². The van der Waals surface area contributed by atoms with E-state index < -0.39 is 10.0 Å². The van der Waals surface area contributed by atoms with Gasteiger partial charge in [-0.25, -0.2) is 13.1 Å². The quantitative estimate of drug-likeness (QED) is 0.856. The Morgan fingerprint density at radius 1 is 1.33 bits per heavy atom. The third kappa shape index (κ3) is 5.11. The van der Waals surface area contributed by atoms with E-state index in [0.717, 1.165) is 44.3 Å². The van der Waals surface area contributed by atoms with Crippen molar-refractivity contribution < 1.29 is 8.42 Å². The maximum atomic E-state index is 12.5. The molecule has 1 aliphatic rings. The third-order valence-corrected chi connectivity index (χ3v) is 5.49. The van der Waals surface area contributed by atoms with Gasteiger partial charge in [-0.1, -0.05) is 31.0 Å². The van der Waals surface area contributed by atoms with Gasteiger partial charge in [-0.05, 0) is 50.0 Å². The van der Waals surface area contributed by atoms with E-state index in [1.54, 1.807) is 12.1 Å². The highest BCUT2D eigenvalue weighted by Gasteiger charge is 2.23. The molecule has 0 spiro atoms. The molecule has 0 atom stereocenters. The van der Waals surface area contributed by atoms with Crippen LogP contribution in [0.25, 0.3) is 0 Å². The second-order valence-electron chi connectivity index (χ2n) is 5.16. The molecule has 1 saturated heterocycles. The summed E-state index contributed by atoms with van der Waals surface area (Å²) in [5.74, 6) is 0. The van der Waals surface area contributed by atoms with E-state index in [4.69, 9.17) is 11.6 Å². The third-order valence-electron chi connectivity index (χ3n) is 3.48. The lowest BCUT2D eigenvalue weighted by Crippen LogP contribution is -2.42. The highest BCUT2D eigenvalue weighted by Crippen LogP contribution is 2.24. The summed E-state index contributed by atoms with van der Waals surface area (Å²) in [7, 11) is -3.54. The standard InChI is InChI=1S/C14H21ClN2O2S.ClH/c1-2-3-11-4-5-13(15)14(10-11)20(18,19)17-12-6-8-16-9-7-12;/h4-5,10,12,16-17H,2-3,6-9H2,1H3;1H. The molecule has 1 aliphatic heterocycles. The minimum atomic E-state index is -3.54. The van der Waals surface area contributed by atoms with Gasteiger partial charge in [0.15, 0.2) is 0 Å². The largest absolute Gasteiger partial charge is 0.317 e. The van der Waals surface area contributed by atoms with Crippen LogP contribution < -0.4 is 10.0 Å². The Morgan fingerprint density at radius 2 is 2.00 bits per heavy atom. The Kier molecular flexibility index (Phi) is 7.44. The van der Waals surface area contributed by atoms with Gasteiger partial charge in [0.25, 0.3) is 0 Å². The van der Waals surface area contributed by atoms with Crippen molar-refractivity contribution in [1.82, 2.24) is 10.0 Å². The fourth-order valence-electron chi connectivity index (χ4n) is 2.42. The van der Waals surface area contributed by atoms with Crippen molar-refractivity contribution in [2.75, 3.05) is 13.1 Å². The maximum Gasteiger partial charge on any atom is 0.242 e. The Morgan fingerprint density at radius 3 is 2.62 bits per heavy atom. The highest BCUT2D eigenvalue weighted by molar-refractivity contribution is 7.89. The minimum absolute atomic E-state index is 0. The number of rotatable bonds is 5. The van der Waals surface area contributed by atoms with Gasteiger partial charge in [0, 0.05) is 6.04 Å². The predicted octanol–water partition coefficient (Wildman–Crippen LogP) is 2.74. The topological polar surface area (TPSA) is 58.2 Å². The summed E-state index contributed by atoms with van der Waals surface area (Å²) in [5.41, 5.74) is 1.00. The molecule has 1 heterocycles. The van der Waals surface area contributed by atoms with Crippen LogP contribution in [0.3, 0.4) is 0 Å². The number of hydrogen-bond donors (Lipinski definition) is 2. The number of piperidine rings is 1. The van der Waals surface area contributed by atoms with Crippen LogP contribution in [0.2, 0.25) is 5.02 Å². The monoisotopic (exact) mass is 352 g/mol. The molecule has 4 nitrogen and oxygen atoms in total. The van der Waals surface area contributed by atoms with Crippen LogP contribution in [0.1, 0.15) is 31.7 Å². The van der Waals surface area contributed by atoms with Crippen LogP contribution in [-0.2, 0) is 16.4 Å². The first-order valence-corrected chi connectivity index (χ1v) is 8.90. The second-order valence-corrected chi connectivity index (χ2v) is 7.25. The van der Waals surface area contributed by atoms with E-state index in [2.05, 4.69) is 17.0 Å². The van der Waals surface area contributed by atoms with Gasteiger partial charge in [0.1, 0.15) is 4.90 Å². The van der Waals surface area contributed by atoms with Crippen LogP contribution in [0, 0.1) is 0 Å². The summed E-state index contributed by atoms with van der Waals surface area (Å²) >= 11 is 6.07.